The van der Waals surface area contributed by atoms with Crippen molar-refractivity contribution in [3.05, 3.63) is 34.0 Å². The Morgan fingerprint density at radius 1 is 1.42 bits per heavy atom. The number of carbonyl (C=O) groups is 2. The van der Waals surface area contributed by atoms with E-state index in [0.717, 1.165) is 10.4 Å². The number of anilines is 1. The summed E-state index contributed by atoms with van der Waals surface area (Å²) in [5.74, 6) is -0.774. The highest BCUT2D eigenvalue weighted by Gasteiger charge is 2.22. The van der Waals surface area contributed by atoms with Gasteiger partial charge in [-0.05, 0) is 19.4 Å². The number of aryl methyl sites for hydroxylation is 1. The van der Waals surface area contributed by atoms with E-state index >= 15 is 0 Å². The number of hydrogen-bond acceptors (Lipinski definition) is 5. The molecule has 0 aromatic carbocycles. The van der Waals surface area contributed by atoms with Crippen LogP contribution in [0.25, 0.3) is 0 Å². The van der Waals surface area contributed by atoms with Gasteiger partial charge in [0.1, 0.15) is 5.00 Å². The Morgan fingerprint density at radius 2 is 2.16 bits per heavy atom. The predicted molar refractivity (Wildman–Crippen MR) is 71.7 cm³/mol. The van der Waals surface area contributed by atoms with Gasteiger partial charge < -0.3 is 10.1 Å². The number of amides is 1. The molecule has 1 amide bonds. The minimum Gasteiger partial charge on any atom is -0.465 e. The van der Waals surface area contributed by atoms with Crippen LogP contribution in [0.1, 0.15) is 31.2 Å². The van der Waals surface area contributed by atoms with E-state index in [9.17, 15) is 9.59 Å². The molecule has 0 aliphatic carbocycles. The van der Waals surface area contributed by atoms with Gasteiger partial charge in [-0.15, -0.1) is 11.3 Å². The molecule has 0 saturated carbocycles. The monoisotopic (exact) mass is 279 g/mol. The molecular weight excluding hydrogens is 266 g/mol. The lowest BCUT2D eigenvalue weighted by molar-refractivity contribution is 0.0601. The first-order valence-corrected chi connectivity index (χ1v) is 6.34. The Labute approximate surface area is 113 Å². The van der Waals surface area contributed by atoms with Crippen LogP contribution in [0.5, 0.6) is 0 Å². The van der Waals surface area contributed by atoms with Crippen molar-refractivity contribution >= 4 is 28.2 Å². The number of nitrogens with zero attached hydrogens (tertiary/aromatic N) is 1. The first-order chi connectivity index (χ1) is 9.04. The summed E-state index contributed by atoms with van der Waals surface area (Å²) in [6.07, 6.45) is 2.90. The van der Waals surface area contributed by atoms with E-state index in [2.05, 4.69) is 15.5 Å². The molecule has 2 aromatic heterocycles. The zero-order chi connectivity index (χ0) is 14.0. The van der Waals surface area contributed by atoms with Crippen LogP contribution in [-0.4, -0.2) is 29.2 Å². The third-order valence-electron chi connectivity index (χ3n) is 2.76. The van der Waals surface area contributed by atoms with Crippen LogP contribution in [0.3, 0.4) is 0 Å². The van der Waals surface area contributed by atoms with Crippen LogP contribution in [0.15, 0.2) is 12.4 Å². The second-order valence-corrected chi connectivity index (χ2v) is 5.14. The molecule has 2 N–H and O–H groups in total. The van der Waals surface area contributed by atoms with Gasteiger partial charge >= 0.3 is 5.97 Å². The summed E-state index contributed by atoms with van der Waals surface area (Å²) < 4.78 is 4.74. The van der Waals surface area contributed by atoms with Crippen LogP contribution in [0.4, 0.5) is 5.00 Å². The largest absolute Gasteiger partial charge is 0.465 e. The summed E-state index contributed by atoms with van der Waals surface area (Å²) in [5.41, 5.74) is 1.63. The number of thiophene rings is 1. The second-order valence-electron chi connectivity index (χ2n) is 3.92. The Hall–Kier alpha value is -2.15. The first-order valence-electron chi connectivity index (χ1n) is 5.53. The van der Waals surface area contributed by atoms with Crippen LogP contribution >= 0.6 is 11.3 Å². The fraction of sp³-hybridized carbons (Fsp3) is 0.250. The maximum absolute atomic E-state index is 11.9. The molecule has 2 heterocycles. The van der Waals surface area contributed by atoms with E-state index in [4.69, 9.17) is 4.74 Å². The molecule has 2 aromatic rings. The fourth-order valence-electron chi connectivity index (χ4n) is 1.61. The van der Waals surface area contributed by atoms with Gasteiger partial charge in [0.15, 0.2) is 0 Å². The van der Waals surface area contributed by atoms with Crippen molar-refractivity contribution in [2.75, 3.05) is 12.4 Å². The summed E-state index contributed by atoms with van der Waals surface area (Å²) >= 11 is 1.35. The number of hydrogen-bond donors (Lipinski definition) is 2. The van der Waals surface area contributed by atoms with Crippen molar-refractivity contribution in [1.29, 1.82) is 0 Å². The van der Waals surface area contributed by atoms with E-state index in [1.807, 2.05) is 13.8 Å². The standard InChI is InChI=1S/C12H13N3O3S/c1-6-7(2)19-11(9(6)12(17)18-3)15-10(16)8-4-13-14-5-8/h4-5H,1-3H3,(H,13,14)(H,15,16). The maximum Gasteiger partial charge on any atom is 0.341 e. The average molecular weight is 279 g/mol. The number of ether oxygens (including phenoxy) is 1. The molecule has 0 aliphatic rings. The number of rotatable bonds is 3. The van der Waals surface area contributed by atoms with Crippen molar-refractivity contribution < 1.29 is 14.3 Å². The fourth-order valence-corrected chi connectivity index (χ4v) is 2.66. The molecule has 19 heavy (non-hydrogen) atoms. The third-order valence-corrected chi connectivity index (χ3v) is 3.88. The van der Waals surface area contributed by atoms with Crippen LogP contribution in [-0.2, 0) is 4.74 Å². The average Bonchev–Trinajstić information content (AvgIpc) is 2.99. The van der Waals surface area contributed by atoms with Crippen molar-refractivity contribution in [2.45, 2.75) is 13.8 Å². The topological polar surface area (TPSA) is 84.1 Å². The molecule has 2 rings (SSSR count). The summed E-state index contributed by atoms with van der Waals surface area (Å²) in [4.78, 5) is 24.7. The van der Waals surface area contributed by atoms with Crippen LogP contribution in [0, 0.1) is 13.8 Å². The van der Waals surface area contributed by atoms with Gasteiger partial charge in [-0.25, -0.2) is 4.79 Å². The Bertz CT molecular complexity index is 616. The summed E-state index contributed by atoms with van der Waals surface area (Å²) in [6, 6.07) is 0. The molecule has 0 aliphatic heterocycles. The van der Waals surface area contributed by atoms with Crippen LogP contribution < -0.4 is 5.32 Å². The molecule has 0 fully saturated rings. The molecule has 100 valence electrons. The van der Waals surface area contributed by atoms with Crippen molar-refractivity contribution in [2.24, 2.45) is 0 Å². The molecule has 0 bridgehead atoms. The molecule has 0 saturated heterocycles. The minimum absolute atomic E-state index is 0.319. The lowest BCUT2D eigenvalue weighted by atomic mass is 10.1. The van der Waals surface area contributed by atoms with Crippen molar-refractivity contribution in [3.8, 4) is 0 Å². The molecule has 6 nitrogen and oxygen atoms in total. The minimum atomic E-state index is -0.454. The molecule has 0 radical (unpaired) electrons. The van der Waals surface area contributed by atoms with Gasteiger partial charge in [-0.1, -0.05) is 0 Å². The van der Waals surface area contributed by atoms with E-state index in [1.54, 1.807) is 0 Å². The van der Waals surface area contributed by atoms with Crippen molar-refractivity contribution in [3.63, 3.8) is 0 Å². The lowest BCUT2D eigenvalue weighted by Gasteiger charge is -2.04. The van der Waals surface area contributed by atoms with E-state index < -0.39 is 5.97 Å². The highest BCUT2D eigenvalue weighted by molar-refractivity contribution is 7.16. The smallest absolute Gasteiger partial charge is 0.341 e. The molecule has 0 spiro atoms. The quantitative estimate of drug-likeness (QED) is 0.843. The van der Waals surface area contributed by atoms with E-state index in [1.165, 1.54) is 30.8 Å². The number of methoxy groups -OCH3 is 1. The highest BCUT2D eigenvalue weighted by Crippen LogP contribution is 2.33. The Balaban J connectivity index is 2.33. The van der Waals surface area contributed by atoms with Gasteiger partial charge in [-0.3, -0.25) is 9.89 Å². The summed E-state index contributed by atoms with van der Waals surface area (Å²) in [6.45, 7) is 3.71. The zero-order valence-electron chi connectivity index (χ0n) is 10.7. The van der Waals surface area contributed by atoms with Gasteiger partial charge in [-0.2, -0.15) is 5.10 Å². The number of aromatic amines is 1. The normalized spacial score (nSPS) is 10.3. The Morgan fingerprint density at radius 3 is 2.74 bits per heavy atom. The number of esters is 1. The molecule has 0 atom stereocenters. The zero-order valence-corrected chi connectivity index (χ0v) is 11.6. The highest BCUT2D eigenvalue weighted by atomic mass is 32.1. The van der Waals surface area contributed by atoms with Gasteiger partial charge in [0.05, 0.1) is 24.4 Å². The molecule has 0 unspecified atom stereocenters. The first kappa shape index (κ1) is 13.3. The summed E-state index contributed by atoms with van der Waals surface area (Å²) in [7, 11) is 1.32. The second kappa shape index (κ2) is 5.23. The van der Waals surface area contributed by atoms with Gasteiger partial charge in [0.2, 0.25) is 0 Å². The third kappa shape index (κ3) is 2.50. The lowest BCUT2D eigenvalue weighted by Crippen LogP contribution is -2.13. The van der Waals surface area contributed by atoms with Crippen LogP contribution in [0.2, 0.25) is 0 Å². The number of H-pyrrole nitrogens is 1. The van der Waals surface area contributed by atoms with Gasteiger partial charge in [0.25, 0.3) is 5.91 Å². The maximum atomic E-state index is 11.9. The number of nitrogens with one attached hydrogen (secondary N) is 2. The Kier molecular flexibility index (Phi) is 3.66. The van der Waals surface area contributed by atoms with E-state index in [0.29, 0.717) is 16.1 Å². The SMILES string of the molecule is COC(=O)c1c(NC(=O)c2cn[nH]c2)sc(C)c1C. The van der Waals surface area contributed by atoms with Gasteiger partial charge in [0, 0.05) is 11.1 Å². The predicted octanol–water partition coefficient (Wildman–Crippen LogP) is 2.13. The van der Waals surface area contributed by atoms with E-state index in [-0.39, 0.29) is 5.91 Å². The molecular formula is C12H13N3O3S. The summed E-state index contributed by atoms with van der Waals surface area (Å²) in [5, 5.41) is 9.47. The molecule has 7 heteroatoms. The number of carbonyl (C=O) groups excluding carboxylic acids is 2. The number of aromatic nitrogens is 2. The van der Waals surface area contributed by atoms with Crippen molar-refractivity contribution in [1.82, 2.24) is 10.2 Å².